The average molecular weight is 158 g/mol. The van der Waals surface area contributed by atoms with Crippen LogP contribution >= 0.6 is 0 Å². The molecule has 38 valence electrons. The molecule has 7 heavy (non-hydrogen) atoms. The Balaban J connectivity index is 0.000000360. The van der Waals surface area contributed by atoms with E-state index in [1.807, 2.05) is 0 Å². The van der Waals surface area contributed by atoms with Gasteiger partial charge in [-0.15, -0.1) is 0 Å². The summed E-state index contributed by atoms with van der Waals surface area (Å²) in [6, 6.07) is 0. The van der Waals surface area contributed by atoms with Crippen LogP contribution in [0, 0.1) is 0 Å². The van der Waals surface area contributed by atoms with E-state index < -0.39 is 0 Å². The summed E-state index contributed by atoms with van der Waals surface area (Å²) in [6.07, 6.45) is 6.56. The maximum Gasteiger partial charge on any atom is 0.0451 e. The second kappa shape index (κ2) is 3.82. The number of rotatable bonds is 0. The standard InChI is InChI=1S/C4H4N2.AsH3/c1-2-6-4-3-5-1;/h1-4H;1H3. The van der Waals surface area contributed by atoms with Gasteiger partial charge in [-0.1, -0.05) is 0 Å². The molecule has 0 aliphatic carbocycles. The fourth-order valence-electron chi connectivity index (χ4n) is 0.253. The molecular formula is C4H7AsN2. The molecule has 0 aromatic carbocycles. The molecule has 0 amide bonds. The molecule has 0 N–H and O–H groups in total. The third-order valence-corrected chi connectivity index (χ3v) is 0.478. The van der Waals surface area contributed by atoms with E-state index >= 15 is 0 Å². The van der Waals surface area contributed by atoms with Crippen molar-refractivity contribution in [3.8, 4) is 0 Å². The Bertz CT molecular complexity index is 81.6. The van der Waals surface area contributed by atoms with Crippen LogP contribution in [-0.4, -0.2) is 27.9 Å². The van der Waals surface area contributed by atoms with Crippen molar-refractivity contribution in [1.82, 2.24) is 9.97 Å². The Morgan fingerprint density at radius 1 is 0.714 bits per heavy atom. The van der Waals surface area contributed by atoms with Gasteiger partial charge in [0.15, 0.2) is 0 Å². The molecule has 0 radical (unpaired) electrons. The van der Waals surface area contributed by atoms with Gasteiger partial charge in [-0.25, -0.2) is 0 Å². The molecule has 1 rings (SSSR count). The fourth-order valence-corrected chi connectivity index (χ4v) is 0.253. The Morgan fingerprint density at radius 3 is 1.14 bits per heavy atom. The zero-order valence-corrected chi connectivity index (χ0v) is 6.88. The van der Waals surface area contributed by atoms with Crippen molar-refractivity contribution in [3.05, 3.63) is 24.8 Å². The second-order valence-electron chi connectivity index (χ2n) is 0.894. The van der Waals surface area contributed by atoms with Gasteiger partial charge in [0, 0.05) is 24.8 Å². The normalized spacial score (nSPS) is 6.86. The summed E-state index contributed by atoms with van der Waals surface area (Å²) < 4.78 is 0. The van der Waals surface area contributed by atoms with Gasteiger partial charge in [0.2, 0.25) is 0 Å². The van der Waals surface area contributed by atoms with Crippen molar-refractivity contribution in [3.63, 3.8) is 0 Å². The van der Waals surface area contributed by atoms with E-state index in [0.717, 1.165) is 0 Å². The molecule has 0 spiro atoms. The van der Waals surface area contributed by atoms with Crippen molar-refractivity contribution in [1.29, 1.82) is 0 Å². The molecular weight excluding hydrogens is 151 g/mol. The van der Waals surface area contributed by atoms with Crippen LogP contribution in [0.5, 0.6) is 0 Å². The van der Waals surface area contributed by atoms with Crippen molar-refractivity contribution in [2.75, 3.05) is 0 Å². The van der Waals surface area contributed by atoms with E-state index in [1.54, 1.807) is 24.8 Å². The van der Waals surface area contributed by atoms with Gasteiger partial charge in [0.05, 0.1) is 0 Å². The molecule has 3 heteroatoms. The van der Waals surface area contributed by atoms with Gasteiger partial charge in [-0.05, 0) is 0 Å². The summed E-state index contributed by atoms with van der Waals surface area (Å²) in [7, 11) is 0. The van der Waals surface area contributed by atoms with E-state index in [2.05, 4.69) is 9.97 Å². The monoisotopic (exact) mass is 158 g/mol. The Labute approximate surface area is 53.3 Å². The summed E-state index contributed by atoms with van der Waals surface area (Å²) in [5, 5.41) is 0. The van der Waals surface area contributed by atoms with Crippen LogP contribution in [0.3, 0.4) is 0 Å². The van der Waals surface area contributed by atoms with Crippen molar-refractivity contribution in [2.24, 2.45) is 0 Å². The first-order chi connectivity index (χ1) is 3.00. The average Bonchev–Trinajstić information content (AvgIpc) is 1.72. The zero-order chi connectivity index (χ0) is 4.24. The molecule has 0 aliphatic heterocycles. The molecule has 0 bridgehead atoms. The molecule has 0 saturated heterocycles. The summed E-state index contributed by atoms with van der Waals surface area (Å²) in [6.45, 7) is 0. The summed E-state index contributed by atoms with van der Waals surface area (Å²) in [4.78, 5) is 7.44. The van der Waals surface area contributed by atoms with Crippen molar-refractivity contribution < 1.29 is 0 Å². The topological polar surface area (TPSA) is 25.8 Å². The molecule has 0 fully saturated rings. The first-order valence-corrected chi connectivity index (χ1v) is 1.70. The SMILES string of the molecule is [AsH3].c1cnccn1. The van der Waals surface area contributed by atoms with Gasteiger partial charge in [-0.3, -0.25) is 9.97 Å². The van der Waals surface area contributed by atoms with E-state index in [-0.39, 0.29) is 18.0 Å². The molecule has 1 heterocycles. The second-order valence-corrected chi connectivity index (χ2v) is 0.894. The minimum absolute atomic E-state index is 0. The van der Waals surface area contributed by atoms with E-state index in [4.69, 9.17) is 0 Å². The summed E-state index contributed by atoms with van der Waals surface area (Å²) >= 11 is 0. The van der Waals surface area contributed by atoms with Crippen LogP contribution in [-0.2, 0) is 0 Å². The van der Waals surface area contributed by atoms with Gasteiger partial charge in [-0.2, -0.15) is 0 Å². The van der Waals surface area contributed by atoms with Crippen LogP contribution in [0.1, 0.15) is 0 Å². The maximum absolute atomic E-state index is 3.72. The third-order valence-electron chi connectivity index (χ3n) is 0.478. The predicted molar refractivity (Wildman–Crippen MR) is 32.0 cm³/mol. The number of hydrogen-bond acceptors (Lipinski definition) is 2. The van der Waals surface area contributed by atoms with E-state index in [0.29, 0.717) is 0 Å². The third kappa shape index (κ3) is 2.35. The molecule has 0 saturated carbocycles. The first kappa shape index (κ1) is 6.64. The summed E-state index contributed by atoms with van der Waals surface area (Å²) in [5.74, 6) is 0. The number of hydrogen-bond donors (Lipinski definition) is 0. The minimum atomic E-state index is 0. The predicted octanol–water partition coefficient (Wildman–Crippen LogP) is -0.707. The number of aromatic nitrogens is 2. The molecule has 1 unspecified atom stereocenters. The van der Waals surface area contributed by atoms with E-state index in [1.165, 1.54) is 0 Å². The van der Waals surface area contributed by atoms with Gasteiger partial charge in [0.1, 0.15) is 0 Å². The van der Waals surface area contributed by atoms with Crippen molar-refractivity contribution in [2.45, 2.75) is 0 Å². The number of nitrogens with zero attached hydrogens (tertiary/aromatic N) is 2. The Hall–Kier alpha value is -0.362. The largest absolute Gasteiger partial charge is 0.262 e. The van der Waals surface area contributed by atoms with Crippen LogP contribution in [0.15, 0.2) is 24.8 Å². The van der Waals surface area contributed by atoms with Gasteiger partial charge in [0.25, 0.3) is 0 Å². The van der Waals surface area contributed by atoms with Gasteiger partial charge >= 0.3 is 18.0 Å². The smallest absolute Gasteiger partial charge is 0.0451 e. The van der Waals surface area contributed by atoms with Crippen molar-refractivity contribution >= 4 is 18.0 Å². The Morgan fingerprint density at radius 2 is 1.00 bits per heavy atom. The molecule has 2 nitrogen and oxygen atoms in total. The van der Waals surface area contributed by atoms with Crippen LogP contribution in [0.25, 0.3) is 0 Å². The van der Waals surface area contributed by atoms with Crippen LogP contribution < -0.4 is 0 Å². The quantitative estimate of drug-likeness (QED) is 0.466. The zero-order valence-electron chi connectivity index (χ0n) is 3.91. The molecule has 1 atom stereocenters. The maximum atomic E-state index is 3.72. The van der Waals surface area contributed by atoms with Crippen LogP contribution in [0.2, 0.25) is 0 Å². The van der Waals surface area contributed by atoms with E-state index in [9.17, 15) is 0 Å². The Kier molecular flexibility index (Phi) is 3.62. The molecule has 0 aliphatic rings. The molecule has 1 aromatic rings. The first-order valence-electron chi connectivity index (χ1n) is 1.70. The molecule has 1 aromatic heterocycles. The van der Waals surface area contributed by atoms with Crippen LogP contribution in [0.4, 0.5) is 0 Å². The minimum Gasteiger partial charge on any atom is -0.262 e. The van der Waals surface area contributed by atoms with Gasteiger partial charge < -0.3 is 0 Å². The fraction of sp³-hybridized carbons (Fsp3) is 0. The summed E-state index contributed by atoms with van der Waals surface area (Å²) in [5.41, 5.74) is 0.